The molecule has 212 valence electrons. The molecule has 1 aromatic heterocycles. The van der Waals surface area contributed by atoms with Gasteiger partial charge in [0, 0.05) is 49.0 Å². The Balaban J connectivity index is 1.46. The van der Waals surface area contributed by atoms with Crippen molar-refractivity contribution in [3.63, 3.8) is 0 Å². The molecule has 4 heterocycles. The summed E-state index contributed by atoms with van der Waals surface area (Å²) in [4.78, 5) is 30.1. The number of nitriles is 1. The van der Waals surface area contributed by atoms with Crippen LogP contribution in [0.5, 0.6) is 6.01 Å². The number of hydrogen-bond donors (Lipinski definition) is 0. The summed E-state index contributed by atoms with van der Waals surface area (Å²) in [6.45, 7) is 7.40. The second-order valence-corrected chi connectivity index (χ2v) is 10.6. The van der Waals surface area contributed by atoms with Crippen LogP contribution in [0.15, 0.2) is 36.9 Å². The van der Waals surface area contributed by atoms with Crippen LogP contribution in [0.4, 0.5) is 20.3 Å². The lowest BCUT2D eigenvalue weighted by Gasteiger charge is -2.42. The van der Waals surface area contributed by atoms with Crippen LogP contribution in [0.1, 0.15) is 42.5 Å². The van der Waals surface area contributed by atoms with E-state index in [1.807, 2.05) is 4.90 Å². The van der Waals surface area contributed by atoms with Crippen molar-refractivity contribution in [2.45, 2.75) is 50.7 Å². The van der Waals surface area contributed by atoms with Crippen molar-refractivity contribution in [3.05, 3.63) is 53.7 Å². The molecule has 5 rings (SSSR count). The van der Waals surface area contributed by atoms with Gasteiger partial charge in [-0.2, -0.15) is 15.2 Å². The van der Waals surface area contributed by atoms with E-state index >= 15 is 0 Å². The number of carbonyl (C=O) groups excluding carboxylic acids is 1. The van der Waals surface area contributed by atoms with Crippen molar-refractivity contribution in [1.29, 1.82) is 5.26 Å². The van der Waals surface area contributed by atoms with Gasteiger partial charge >= 0.3 is 6.01 Å². The van der Waals surface area contributed by atoms with E-state index in [0.29, 0.717) is 51.4 Å². The summed E-state index contributed by atoms with van der Waals surface area (Å²) in [6.07, 6.45) is 1.63. The fourth-order valence-corrected chi connectivity index (χ4v) is 5.98. The summed E-state index contributed by atoms with van der Waals surface area (Å²) in [7, 11) is 2.08. The number of halogens is 2. The molecule has 11 heteroatoms. The van der Waals surface area contributed by atoms with E-state index in [-0.39, 0.29) is 36.0 Å². The number of hydrogen-bond acceptors (Lipinski definition) is 8. The molecule has 2 saturated heterocycles. The molecule has 1 aromatic carbocycles. The number of para-hydroxylation sites is 1. The molecule has 0 spiro atoms. The van der Waals surface area contributed by atoms with Crippen LogP contribution in [-0.2, 0) is 17.8 Å². The zero-order chi connectivity index (χ0) is 28.2. The molecule has 2 atom stereocenters. The van der Waals surface area contributed by atoms with Gasteiger partial charge in [-0.15, -0.1) is 0 Å². The van der Waals surface area contributed by atoms with Crippen molar-refractivity contribution >= 4 is 17.4 Å². The Morgan fingerprint density at radius 3 is 2.75 bits per heavy atom. The molecule has 40 heavy (non-hydrogen) atoms. The average molecular weight is 552 g/mol. The van der Waals surface area contributed by atoms with Gasteiger partial charge in [-0.1, -0.05) is 24.8 Å². The van der Waals surface area contributed by atoms with E-state index in [1.54, 1.807) is 23.1 Å². The predicted molar refractivity (Wildman–Crippen MR) is 147 cm³/mol. The van der Waals surface area contributed by atoms with Crippen LogP contribution in [0, 0.1) is 11.3 Å². The first-order chi connectivity index (χ1) is 19.4. The minimum Gasteiger partial charge on any atom is -0.462 e. The lowest BCUT2D eigenvalue weighted by Crippen LogP contribution is -2.55. The number of carbonyl (C=O) groups is 1. The maximum Gasteiger partial charge on any atom is 0.318 e. The highest BCUT2D eigenvalue weighted by atomic mass is 19.3. The first kappa shape index (κ1) is 27.8. The Kier molecular flexibility index (Phi) is 8.45. The van der Waals surface area contributed by atoms with Gasteiger partial charge in [0.25, 0.3) is 6.43 Å². The lowest BCUT2D eigenvalue weighted by molar-refractivity contribution is -0.128. The predicted octanol–water partition coefficient (Wildman–Crippen LogP) is 3.57. The zero-order valence-electron chi connectivity index (χ0n) is 22.8. The molecule has 2 unspecified atom stereocenters. The Hall–Kier alpha value is -3.78. The summed E-state index contributed by atoms with van der Waals surface area (Å²) in [5.41, 5.74) is 2.21. The zero-order valence-corrected chi connectivity index (χ0v) is 22.8. The molecule has 0 N–H and O–H groups in total. The monoisotopic (exact) mass is 551 g/mol. The number of amides is 1. The Bertz CT molecular complexity index is 1280. The minimum absolute atomic E-state index is 0.00308. The standard InChI is InChI=1S/C29H35F2N7O2/c1-3-26(39)38-16-15-37(17-20(38)10-12-32)28-22-11-14-36(25-9-5-4-8-23(25)27(30)31)18-24(22)33-29(34-28)40-19-21-7-6-13-35(21)2/h3-5,8-9,20-21,27H,1,6-7,10-11,13-19H2,2H3. The number of nitrogens with zero attached hydrogens (tertiary/aromatic N) is 7. The third-order valence-electron chi connectivity index (χ3n) is 8.18. The third-order valence-corrected chi connectivity index (χ3v) is 8.18. The molecule has 3 aliphatic heterocycles. The maximum atomic E-state index is 13.8. The van der Waals surface area contributed by atoms with E-state index in [9.17, 15) is 18.8 Å². The second-order valence-electron chi connectivity index (χ2n) is 10.6. The Morgan fingerprint density at radius 2 is 2.02 bits per heavy atom. The van der Waals surface area contributed by atoms with Crippen LogP contribution < -0.4 is 14.5 Å². The number of fused-ring (bicyclic) bond motifs is 1. The van der Waals surface area contributed by atoms with E-state index in [4.69, 9.17) is 14.7 Å². The molecule has 0 bridgehead atoms. The van der Waals surface area contributed by atoms with Gasteiger partial charge in [0.15, 0.2) is 0 Å². The van der Waals surface area contributed by atoms with Gasteiger partial charge < -0.3 is 24.3 Å². The summed E-state index contributed by atoms with van der Waals surface area (Å²) >= 11 is 0. The topological polar surface area (TPSA) is 88.8 Å². The normalized spacial score (nSPS) is 21.3. The van der Waals surface area contributed by atoms with Crippen molar-refractivity contribution in [1.82, 2.24) is 19.8 Å². The largest absolute Gasteiger partial charge is 0.462 e. The summed E-state index contributed by atoms with van der Waals surface area (Å²) in [5, 5.41) is 9.44. The first-order valence-corrected chi connectivity index (χ1v) is 13.8. The number of likely N-dealkylation sites (N-methyl/N-ethyl adjacent to an activating group) is 1. The van der Waals surface area contributed by atoms with E-state index in [0.717, 1.165) is 36.5 Å². The van der Waals surface area contributed by atoms with E-state index in [1.165, 1.54) is 12.1 Å². The minimum atomic E-state index is -2.58. The number of aromatic nitrogens is 2. The van der Waals surface area contributed by atoms with Crippen LogP contribution in [0.2, 0.25) is 0 Å². The van der Waals surface area contributed by atoms with Gasteiger partial charge in [0.1, 0.15) is 12.4 Å². The molecule has 9 nitrogen and oxygen atoms in total. The second kappa shape index (κ2) is 12.2. The number of piperazine rings is 1. The quantitative estimate of drug-likeness (QED) is 0.461. The van der Waals surface area contributed by atoms with Crippen molar-refractivity contribution < 1.29 is 18.3 Å². The summed E-state index contributed by atoms with van der Waals surface area (Å²) in [5.74, 6) is 0.540. The number of ether oxygens (including phenoxy) is 1. The van der Waals surface area contributed by atoms with E-state index in [2.05, 4.69) is 29.5 Å². The number of benzene rings is 1. The van der Waals surface area contributed by atoms with Crippen LogP contribution in [-0.4, -0.2) is 84.1 Å². The SMILES string of the molecule is C=CC(=O)N1CCN(c2nc(OCC3CCCN3C)nc3c2CCN(c2ccccc2C(F)F)C3)CC1CC#N. The fraction of sp³-hybridized carbons (Fsp3) is 0.517. The van der Waals surface area contributed by atoms with Crippen LogP contribution in [0.3, 0.4) is 0 Å². The summed E-state index contributed by atoms with van der Waals surface area (Å²) in [6, 6.07) is 9.04. The highest BCUT2D eigenvalue weighted by Gasteiger charge is 2.34. The van der Waals surface area contributed by atoms with Gasteiger partial charge in [-0.25, -0.2) is 8.78 Å². The Labute approximate surface area is 233 Å². The lowest BCUT2D eigenvalue weighted by atomic mass is 10.0. The first-order valence-electron chi connectivity index (χ1n) is 13.8. The molecule has 0 radical (unpaired) electrons. The number of rotatable bonds is 8. The third kappa shape index (κ3) is 5.72. The van der Waals surface area contributed by atoms with Crippen molar-refractivity contribution in [2.75, 3.05) is 56.2 Å². The highest BCUT2D eigenvalue weighted by Crippen LogP contribution is 2.36. The van der Waals surface area contributed by atoms with Gasteiger partial charge in [-0.05, 0) is 45.0 Å². The summed E-state index contributed by atoms with van der Waals surface area (Å²) < 4.78 is 33.8. The Morgan fingerprint density at radius 1 is 1.20 bits per heavy atom. The molecule has 2 aromatic rings. The van der Waals surface area contributed by atoms with E-state index < -0.39 is 6.43 Å². The van der Waals surface area contributed by atoms with Gasteiger partial charge in [0.2, 0.25) is 5.91 Å². The fourth-order valence-electron chi connectivity index (χ4n) is 5.98. The highest BCUT2D eigenvalue weighted by molar-refractivity contribution is 5.87. The molecule has 0 aliphatic carbocycles. The van der Waals surface area contributed by atoms with Crippen LogP contribution >= 0.6 is 0 Å². The van der Waals surface area contributed by atoms with Gasteiger partial charge in [-0.3, -0.25) is 4.79 Å². The van der Waals surface area contributed by atoms with Gasteiger partial charge in [0.05, 0.1) is 30.8 Å². The molecule has 0 saturated carbocycles. The molecule has 1 amide bonds. The molecule has 2 fully saturated rings. The molecular formula is C29H35F2N7O2. The molecule has 3 aliphatic rings. The molecular weight excluding hydrogens is 516 g/mol. The van der Waals surface area contributed by atoms with Crippen molar-refractivity contribution in [3.8, 4) is 12.1 Å². The van der Waals surface area contributed by atoms with Crippen LogP contribution in [0.25, 0.3) is 0 Å². The number of likely N-dealkylation sites (tertiary alicyclic amines) is 1. The number of alkyl halides is 2. The van der Waals surface area contributed by atoms with Crippen molar-refractivity contribution in [2.24, 2.45) is 0 Å². The maximum absolute atomic E-state index is 13.8. The smallest absolute Gasteiger partial charge is 0.318 e. The average Bonchev–Trinajstić information content (AvgIpc) is 3.39. The number of anilines is 2.